The minimum Gasteiger partial charge on any atom is -0.367 e. The van der Waals surface area contributed by atoms with Crippen molar-refractivity contribution in [2.24, 2.45) is 5.73 Å². The fourth-order valence-corrected chi connectivity index (χ4v) is 0.633. The van der Waals surface area contributed by atoms with Crippen molar-refractivity contribution < 1.29 is 13.2 Å². The molecule has 54 valence electrons. The summed E-state index contributed by atoms with van der Waals surface area (Å²) in [5.41, 5.74) is 4.57. The molecule has 0 spiro atoms. The molecule has 0 saturated carbocycles. The standard InChI is InChI=1S/C3H6ClNO3S/c1-9(7,8)2(4)3(5)6/h2H,1H3,(H2,5,6). The van der Waals surface area contributed by atoms with E-state index in [-0.39, 0.29) is 0 Å². The van der Waals surface area contributed by atoms with Crippen LogP contribution in [-0.4, -0.2) is 25.3 Å². The predicted molar refractivity (Wildman–Crippen MR) is 33.7 cm³/mol. The van der Waals surface area contributed by atoms with Crippen LogP contribution in [-0.2, 0) is 14.6 Å². The second-order valence-electron chi connectivity index (χ2n) is 1.55. The second kappa shape index (κ2) is 2.53. The summed E-state index contributed by atoms with van der Waals surface area (Å²) in [5, 5.41) is 0. The lowest BCUT2D eigenvalue weighted by atomic mass is 10.8. The van der Waals surface area contributed by atoms with Crippen molar-refractivity contribution >= 4 is 27.3 Å². The molecule has 1 unspecified atom stereocenters. The van der Waals surface area contributed by atoms with Gasteiger partial charge in [-0.3, -0.25) is 4.79 Å². The quantitative estimate of drug-likeness (QED) is 0.546. The zero-order chi connectivity index (χ0) is 7.65. The van der Waals surface area contributed by atoms with E-state index in [1.807, 2.05) is 0 Å². The van der Waals surface area contributed by atoms with E-state index in [1.54, 1.807) is 0 Å². The van der Waals surface area contributed by atoms with Gasteiger partial charge in [-0.1, -0.05) is 11.6 Å². The zero-order valence-corrected chi connectivity index (χ0v) is 6.24. The number of carbonyl (C=O) groups is 1. The Kier molecular flexibility index (Phi) is 2.45. The smallest absolute Gasteiger partial charge is 0.251 e. The normalized spacial score (nSPS) is 14.9. The first-order valence-corrected chi connectivity index (χ1v) is 4.37. The Labute approximate surface area is 57.9 Å². The highest BCUT2D eigenvalue weighted by Gasteiger charge is 2.22. The fraction of sp³-hybridized carbons (Fsp3) is 0.667. The van der Waals surface area contributed by atoms with Crippen LogP contribution in [0, 0.1) is 0 Å². The molecule has 0 heterocycles. The first kappa shape index (κ1) is 8.71. The van der Waals surface area contributed by atoms with Crippen LogP contribution < -0.4 is 5.73 Å². The number of primary amides is 1. The molecule has 6 heteroatoms. The molecule has 1 atom stereocenters. The number of nitrogens with two attached hydrogens (primary N) is 1. The first-order chi connectivity index (χ1) is 3.85. The number of hydrogen-bond donors (Lipinski definition) is 1. The Balaban J connectivity index is 4.43. The van der Waals surface area contributed by atoms with E-state index in [9.17, 15) is 13.2 Å². The van der Waals surface area contributed by atoms with E-state index in [4.69, 9.17) is 11.6 Å². The van der Waals surface area contributed by atoms with E-state index in [2.05, 4.69) is 5.73 Å². The SMILES string of the molecule is CS(=O)(=O)C(Cl)C(N)=O. The van der Waals surface area contributed by atoms with Crippen molar-refractivity contribution in [3.8, 4) is 0 Å². The van der Waals surface area contributed by atoms with Crippen molar-refractivity contribution in [1.29, 1.82) is 0 Å². The van der Waals surface area contributed by atoms with Gasteiger partial charge >= 0.3 is 0 Å². The number of amides is 1. The minimum atomic E-state index is -3.51. The molecule has 0 radical (unpaired) electrons. The molecule has 0 aliphatic carbocycles. The molecule has 1 amide bonds. The maximum Gasteiger partial charge on any atom is 0.251 e. The number of sulfone groups is 1. The van der Waals surface area contributed by atoms with Crippen LogP contribution in [0.2, 0.25) is 0 Å². The van der Waals surface area contributed by atoms with Gasteiger partial charge in [-0.05, 0) is 0 Å². The highest BCUT2D eigenvalue weighted by molar-refractivity contribution is 7.93. The highest BCUT2D eigenvalue weighted by atomic mass is 35.5. The maximum atomic E-state index is 10.3. The van der Waals surface area contributed by atoms with Gasteiger partial charge in [0.05, 0.1) is 0 Å². The molecule has 0 rings (SSSR count). The maximum absolute atomic E-state index is 10.3. The molecule has 0 aromatic carbocycles. The van der Waals surface area contributed by atoms with Gasteiger partial charge in [0.1, 0.15) is 0 Å². The Hall–Kier alpha value is -0.290. The van der Waals surface area contributed by atoms with Gasteiger partial charge < -0.3 is 5.73 Å². The van der Waals surface area contributed by atoms with Crippen LogP contribution in [0.5, 0.6) is 0 Å². The topological polar surface area (TPSA) is 77.2 Å². The van der Waals surface area contributed by atoms with Gasteiger partial charge in [0, 0.05) is 6.26 Å². The van der Waals surface area contributed by atoms with Crippen LogP contribution in [0.1, 0.15) is 0 Å². The lowest BCUT2D eigenvalue weighted by molar-refractivity contribution is -0.116. The molecule has 0 fully saturated rings. The first-order valence-electron chi connectivity index (χ1n) is 1.98. The van der Waals surface area contributed by atoms with Crippen LogP contribution in [0.25, 0.3) is 0 Å². The van der Waals surface area contributed by atoms with Crippen molar-refractivity contribution in [3.05, 3.63) is 0 Å². The minimum absolute atomic E-state index is 0.843. The van der Waals surface area contributed by atoms with Crippen LogP contribution in [0.15, 0.2) is 0 Å². The molecule has 0 aromatic heterocycles. The largest absolute Gasteiger partial charge is 0.367 e. The summed E-state index contributed by atoms with van der Waals surface area (Å²) in [7, 11) is -3.51. The third-order valence-electron chi connectivity index (χ3n) is 0.600. The summed E-state index contributed by atoms with van der Waals surface area (Å²) in [4.78, 5) is 10.1. The molecule has 2 N–H and O–H groups in total. The molecule has 0 aliphatic rings. The average molecular weight is 172 g/mol. The molecule has 4 nitrogen and oxygen atoms in total. The Morgan fingerprint density at radius 1 is 1.67 bits per heavy atom. The number of carbonyl (C=O) groups excluding carboxylic acids is 1. The predicted octanol–water partition coefficient (Wildman–Crippen LogP) is -0.919. The molecule has 0 bridgehead atoms. The monoisotopic (exact) mass is 171 g/mol. The highest BCUT2D eigenvalue weighted by Crippen LogP contribution is 2.01. The lowest BCUT2D eigenvalue weighted by Gasteiger charge is -1.98. The van der Waals surface area contributed by atoms with Crippen LogP contribution in [0.3, 0.4) is 0 Å². The number of rotatable bonds is 2. The molecular weight excluding hydrogens is 166 g/mol. The Bertz CT molecular complexity index is 209. The van der Waals surface area contributed by atoms with E-state index in [0.29, 0.717) is 0 Å². The summed E-state index contributed by atoms with van der Waals surface area (Å²) in [6, 6.07) is 0. The van der Waals surface area contributed by atoms with Gasteiger partial charge in [-0.25, -0.2) is 8.42 Å². The summed E-state index contributed by atoms with van der Waals surface area (Å²) in [6.45, 7) is 0. The number of hydrogen-bond acceptors (Lipinski definition) is 3. The molecular formula is C3H6ClNO3S. The van der Waals surface area contributed by atoms with E-state index in [0.717, 1.165) is 6.26 Å². The van der Waals surface area contributed by atoms with Gasteiger partial charge in [0.2, 0.25) is 4.71 Å². The van der Waals surface area contributed by atoms with Gasteiger partial charge in [-0.15, -0.1) is 0 Å². The summed E-state index contributed by atoms with van der Waals surface area (Å²) >= 11 is 5.03. The average Bonchev–Trinajstić information content (AvgIpc) is 1.62. The van der Waals surface area contributed by atoms with Gasteiger partial charge in [0.15, 0.2) is 9.84 Å². The van der Waals surface area contributed by atoms with Crippen molar-refractivity contribution in [1.82, 2.24) is 0 Å². The molecule has 0 aliphatic heterocycles. The molecule has 9 heavy (non-hydrogen) atoms. The van der Waals surface area contributed by atoms with Crippen LogP contribution >= 0.6 is 11.6 Å². The lowest BCUT2D eigenvalue weighted by Crippen LogP contribution is -2.30. The van der Waals surface area contributed by atoms with E-state index < -0.39 is 20.5 Å². The fourth-order valence-electron chi connectivity index (χ4n) is 0.211. The van der Waals surface area contributed by atoms with Crippen molar-refractivity contribution in [3.63, 3.8) is 0 Å². The number of alkyl halides is 1. The van der Waals surface area contributed by atoms with E-state index >= 15 is 0 Å². The number of halogens is 1. The zero-order valence-electron chi connectivity index (χ0n) is 4.67. The summed E-state index contributed by atoms with van der Waals surface area (Å²) < 4.78 is 19.1. The molecule has 0 aromatic rings. The molecule has 0 saturated heterocycles. The van der Waals surface area contributed by atoms with Crippen LogP contribution in [0.4, 0.5) is 0 Å². The third-order valence-corrected chi connectivity index (χ3v) is 2.77. The van der Waals surface area contributed by atoms with Crippen molar-refractivity contribution in [2.45, 2.75) is 4.71 Å². The Morgan fingerprint density at radius 2 is 2.00 bits per heavy atom. The summed E-state index contributed by atoms with van der Waals surface area (Å²) in [6.07, 6.45) is 0.843. The van der Waals surface area contributed by atoms with Gasteiger partial charge in [0.25, 0.3) is 5.91 Å². The second-order valence-corrected chi connectivity index (χ2v) is 4.37. The Morgan fingerprint density at radius 3 is 2.00 bits per heavy atom. The van der Waals surface area contributed by atoms with E-state index in [1.165, 1.54) is 0 Å². The van der Waals surface area contributed by atoms with Crippen molar-refractivity contribution in [2.75, 3.05) is 6.26 Å². The summed E-state index contributed by atoms with van der Waals surface area (Å²) in [5.74, 6) is -1.04. The third kappa shape index (κ3) is 2.67. The van der Waals surface area contributed by atoms with Gasteiger partial charge in [-0.2, -0.15) is 0 Å².